The second-order valence-corrected chi connectivity index (χ2v) is 4.21. The van der Waals surface area contributed by atoms with Crippen LogP contribution in [-0.4, -0.2) is 18.2 Å². The monoisotopic (exact) mass is 271 g/mol. The van der Waals surface area contributed by atoms with Crippen molar-refractivity contribution in [2.24, 2.45) is 0 Å². The van der Waals surface area contributed by atoms with Crippen LogP contribution in [0.4, 0.5) is 5.69 Å². The molecule has 0 bridgehead atoms. The largest absolute Gasteiger partial charge is 0.390 e. The number of amides is 1. The van der Waals surface area contributed by atoms with Crippen LogP contribution in [0.1, 0.15) is 30.6 Å². The number of anilines is 1. The highest BCUT2D eigenvalue weighted by Gasteiger charge is 2.09. The van der Waals surface area contributed by atoms with Crippen molar-refractivity contribution < 1.29 is 9.59 Å². The number of rotatable bonds is 6. The molecule has 1 aromatic rings. The van der Waals surface area contributed by atoms with Crippen LogP contribution in [0.5, 0.6) is 0 Å². The van der Waals surface area contributed by atoms with Gasteiger partial charge in [0.1, 0.15) is 11.6 Å². The Balaban J connectivity index is 2.71. The number of nitrogens with one attached hydrogen (secondary N) is 2. The Morgan fingerprint density at radius 1 is 1.30 bits per heavy atom. The van der Waals surface area contributed by atoms with Crippen molar-refractivity contribution in [3.63, 3.8) is 0 Å². The minimum atomic E-state index is -0.480. The number of nitrogens with zero attached hydrogens (tertiary/aromatic N) is 1. The smallest absolute Gasteiger partial charge is 0.267 e. The maximum atomic E-state index is 11.8. The van der Waals surface area contributed by atoms with Gasteiger partial charge in [-0.05, 0) is 37.6 Å². The number of benzene rings is 1. The number of carbonyl (C=O) groups is 2. The van der Waals surface area contributed by atoms with Gasteiger partial charge in [0.2, 0.25) is 0 Å². The normalized spacial score (nSPS) is 10.6. The lowest BCUT2D eigenvalue weighted by Gasteiger charge is -2.05. The number of Topliss-reactive ketones (excluding diaryl/α,β-unsaturated/α-hetero) is 1. The molecule has 1 amide bonds. The van der Waals surface area contributed by atoms with E-state index >= 15 is 0 Å². The van der Waals surface area contributed by atoms with Crippen molar-refractivity contribution in [3.05, 3.63) is 41.6 Å². The van der Waals surface area contributed by atoms with E-state index in [0.717, 1.165) is 6.42 Å². The van der Waals surface area contributed by atoms with Gasteiger partial charge < -0.3 is 10.6 Å². The van der Waals surface area contributed by atoms with Gasteiger partial charge in [-0.1, -0.05) is 6.92 Å². The summed E-state index contributed by atoms with van der Waals surface area (Å²) >= 11 is 0. The lowest BCUT2D eigenvalue weighted by molar-refractivity contribution is -0.112. The van der Waals surface area contributed by atoms with E-state index in [1.54, 1.807) is 24.3 Å². The Morgan fingerprint density at radius 2 is 1.95 bits per heavy atom. The first-order valence-electron chi connectivity index (χ1n) is 6.34. The lowest BCUT2D eigenvalue weighted by atomic mass is 10.1. The van der Waals surface area contributed by atoms with Crippen molar-refractivity contribution in [2.75, 3.05) is 11.9 Å². The van der Waals surface area contributed by atoms with E-state index in [-0.39, 0.29) is 11.4 Å². The first kappa shape index (κ1) is 15.4. The predicted molar refractivity (Wildman–Crippen MR) is 77.1 cm³/mol. The molecule has 1 aromatic carbocycles. The van der Waals surface area contributed by atoms with Crippen molar-refractivity contribution in [2.45, 2.75) is 20.3 Å². The standard InChI is InChI=1S/C15H17N3O2/c1-3-8-17-10-13(9-16)15(20)18-14-6-4-12(5-7-14)11(2)19/h4-7,10,17H,3,8H2,1-2H3,(H,18,20)/b13-10-. The summed E-state index contributed by atoms with van der Waals surface area (Å²) in [5, 5.41) is 14.4. The fraction of sp³-hybridized carbons (Fsp3) is 0.267. The van der Waals surface area contributed by atoms with Crippen LogP contribution in [0.2, 0.25) is 0 Å². The molecule has 0 atom stereocenters. The molecule has 1 rings (SSSR count). The first-order chi connectivity index (χ1) is 9.58. The molecule has 0 aliphatic rings. The fourth-order valence-electron chi connectivity index (χ4n) is 1.45. The van der Waals surface area contributed by atoms with Gasteiger partial charge in [-0.25, -0.2) is 0 Å². The Labute approximate surface area is 118 Å². The number of nitriles is 1. The predicted octanol–water partition coefficient (Wildman–Crippen LogP) is 2.23. The van der Waals surface area contributed by atoms with Crippen molar-refractivity contribution in [1.29, 1.82) is 5.26 Å². The van der Waals surface area contributed by atoms with Crippen molar-refractivity contribution in [3.8, 4) is 6.07 Å². The zero-order valence-electron chi connectivity index (χ0n) is 11.6. The van der Waals surface area contributed by atoms with Gasteiger partial charge in [0.15, 0.2) is 5.78 Å². The van der Waals surface area contributed by atoms with Gasteiger partial charge in [0.05, 0.1) is 0 Å². The zero-order chi connectivity index (χ0) is 15.0. The third kappa shape index (κ3) is 4.58. The molecule has 0 radical (unpaired) electrons. The van der Waals surface area contributed by atoms with E-state index in [2.05, 4.69) is 10.6 Å². The molecule has 104 valence electrons. The highest BCUT2D eigenvalue weighted by atomic mass is 16.1. The Kier molecular flexibility index (Phi) is 5.98. The van der Waals surface area contributed by atoms with E-state index < -0.39 is 5.91 Å². The van der Waals surface area contributed by atoms with Gasteiger partial charge in [0.25, 0.3) is 5.91 Å². The number of carbonyl (C=O) groups excluding carboxylic acids is 2. The van der Waals surface area contributed by atoms with E-state index in [4.69, 9.17) is 5.26 Å². The summed E-state index contributed by atoms with van der Waals surface area (Å²) in [5.74, 6) is -0.518. The van der Waals surface area contributed by atoms with Gasteiger partial charge >= 0.3 is 0 Å². The van der Waals surface area contributed by atoms with Crippen LogP contribution in [0.25, 0.3) is 0 Å². The third-order valence-electron chi connectivity index (χ3n) is 2.56. The average molecular weight is 271 g/mol. The van der Waals surface area contributed by atoms with E-state index in [9.17, 15) is 9.59 Å². The highest BCUT2D eigenvalue weighted by Crippen LogP contribution is 2.11. The van der Waals surface area contributed by atoms with Crippen molar-refractivity contribution in [1.82, 2.24) is 5.32 Å². The van der Waals surface area contributed by atoms with Crippen LogP contribution in [0.15, 0.2) is 36.0 Å². The summed E-state index contributed by atoms with van der Waals surface area (Å²) in [7, 11) is 0. The van der Waals surface area contributed by atoms with Gasteiger partial charge in [-0.2, -0.15) is 5.26 Å². The second kappa shape index (κ2) is 7.74. The molecule has 0 aliphatic carbocycles. The fourth-order valence-corrected chi connectivity index (χ4v) is 1.45. The molecule has 0 saturated carbocycles. The van der Waals surface area contributed by atoms with Gasteiger partial charge in [0, 0.05) is 24.0 Å². The molecular weight excluding hydrogens is 254 g/mol. The highest BCUT2D eigenvalue weighted by molar-refractivity contribution is 6.06. The molecule has 5 nitrogen and oxygen atoms in total. The molecule has 0 spiro atoms. The molecule has 0 aliphatic heterocycles. The summed E-state index contributed by atoms with van der Waals surface area (Å²) in [4.78, 5) is 23.0. The maximum Gasteiger partial charge on any atom is 0.267 e. The molecule has 0 heterocycles. The number of hydrogen-bond acceptors (Lipinski definition) is 4. The van der Waals surface area contributed by atoms with Crippen LogP contribution in [0, 0.1) is 11.3 Å². The van der Waals surface area contributed by atoms with Gasteiger partial charge in [-0.15, -0.1) is 0 Å². The summed E-state index contributed by atoms with van der Waals surface area (Å²) in [5.41, 5.74) is 1.12. The van der Waals surface area contributed by atoms with Crippen LogP contribution >= 0.6 is 0 Å². The lowest BCUT2D eigenvalue weighted by Crippen LogP contribution is -2.17. The van der Waals surface area contributed by atoms with Crippen LogP contribution in [0.3, 0.4) is 0 Å². The Morgan fingerprint density at radius 3 is 2.45 bits per heavy atom. The first-order valence-corrected chi connectivity index (χ1v) is 6.34. The zero-order valence-corrected chi connectivity index (χ0v) is 11.6. The summed E-state index contributed by atoms with van der Waals surface area (Å²) in [6.07, 6.45) is 2.31. The van der Waals surface area contributed by atoms with Crippen LogP contribution < -0.4 is 10.6 Å². The van der Waals surface area contributed by atoms with E-state index in [1.807, 2.05) is 13.0 Å². The Hall–Kier alpha value is -2.61. The minimum absolute atomic E-state index is 0.00842. The molecule has 20 heavy (non-hydrogen) atoms. The minimum Gasteiger partial charge on any atom is -0.390 e. The summed E-state index contributed by atoms with van der Waals surface area (Å²) < 4.78 is 0. The quantitative estimate of drug-likeness (QED) is 0.360. The molecule has 0 saturated heterocycles. The SMILES string of the molecule is CCCN/C=C(/C#N)C(=O)Nc1ccc(C(C)=O)cc1. The molecule has 0 fully saturated rings. The van der Waals surface area contributed by atoms with Crippen molar-refractivity contribution >= 4 is 17.4 Å². The number of hydrogen-bond donors (Lipinski definition) is 2. The molecule has 0 unspecified atom stereocenters. The summed E-state index contributed by atoms with van der Waals surface area (Å²) in [6.45, 7) is 4.17. The topological polar surface area (TPSA) is 82.0 Å². The third-order valence-corrected chi connectivity index (χ3v) is 2.56. The van der Waals surface area contributed by atoms with E-state index in [0.29, 0.717) is 17.8 Å². The van der Waals surface area contributed by atoms with Crippen LogP contribution in [-0.2, 0) is 4.79 Å². The molecule has 5 heteroatoms. The Bertz CT molecular complexity index is 553. The van der Waals surface area contributed by atoms with Gasteiger partial charge in [-0.3, -0.25) is 9.59 Å². The molecule has 2 N–H and O–H groups in total. The summed E-state index contributed by atoms with van der Waals surface area (Å²) in [6, 6.07) is 8.36. The second-order valence-electron chi connectivity index (χ2n) is 4.21. The molecule has 0 aromatic heterocycles. The number of ketones is 1. The maximum absolute atomic E-state index is 11.8. The molecular formula is C15H17N3O2. The van der Waals surface area contributed by atoms with E-state index in [1.165, 1.54) is 13.1 Å². The average Bonchev–Trinajstić information content (AvgIpc) is 2.44.